The van der Waals surface area contributed by atoms with Gasteiger partial charge in [-0.3, -0.25) is 38.9 Å². The highest BCUT2D eigenvalue weighted by Crippen LogP contribution is 2.37. The minimum atomic E-state index is -2.87. The standard InChI is InChI=1S/C46H49F2N11O6/c1-55(21-27-7-5-26(6-8-27)15-17-49-34-4-2-3-32-39(34)46(64)59(45(32)63)36-13-14-38(60)53-44(36)62)22-28-9-11-29(12-10-28)58-24-35(40(54-58)41(47)48)51-43(61)33-20-50-57-18-16-37(52-42(33)57)56-23-31-19-30(56)25-65-31/h2-8,16,18,20,24,28-31,36,41,49H,9-15,17,19,21-23,25H2,1H3,(H,51,61)(H,53,60,62)/t28?,29?,30-,31-,36?/m1/s1. The second-order valence-corrected chi connectivity index (χ2v) is 17.8. The predicted octanol–water partition coefficient (Wildman–Crippen LogP) is 5.01. The summed E-state index contributed by atoms with van der Waals surface area (Å²) in [5.41, 5.74) is 3.29. The summed E-state index contributed by atoms with van der Waals surface area (Å²) in [5, 5.41) is 16.8. The maximum atomic E-state index is 14.3. The molecule has 3 aromatic heterocycles. The zero-order valence-electron chi connectivity index (χ0n) is 35.8. The van der Waals surface area contributed by atoms with Gasteiger partial charge in [-0.25, -0.2) is 18.3 Å². The van der Waals surface area contributed by atoms with Gasteiger partial charge in [0, 0.05) is 50.7 Å². The zero-order chi connectivity index (χ0) is 44.9. The molecule has 7 heterocycles. The fraction of sp³-hybridized carbons (Fsp3) is 0.435. The van der Waals surface area contributed by atoms with Crippen molar-refractivity contribution in [3.05, 3.63) is 101 Å². The quantitative estimate of drug-likeness (QED) is 0.127. The summed E-state index contributed by atoms with van der Waals surface area (Å²) in [4.78, 5) is 74.5. The van der Waals surface area contributed by atoms with E-state index in [0.717, 1.165) is 73.6 Å². The number of aromatic nitrogens is 5. The van der Waals surface area contributed by atoms with Crippen LogP contribution in [0, 0.1) is 5.92 Å². The highest BCUT2D eigenvalue weighted by atomic mass is 19.3. The molecule has 0 radical (unpaired) electrons. The van der Waals surface area contributed by atoms with Crippen LogP contribution in [0.2, 0.25) is 0 Å². The average Bonchev–Trinajstić information content (AvgIpc) is 4.15. The van der Waals surface area contributed by atoms with Crippen molar-refractivity contribution in [3.63, 3.8) is 0 Å². The monoisotopic (exact) mass is 889 g/mol. The van der Waals surface area contributed by atoms with Crippen molar-refractivity contribution in [3.8, 4) is 0 Å². The molecule has 5 amide bonds. The molecule has 10 rings (SSSR count). The molecule has 0 spiro atoms. The first-order valence-electron chi connectivity index (χ1n) is 22.2. The molecule has 1 unspecified atom stereocenters. The van der Waals surface area contributed by atoms with Gasteiger partial charge in [0.15, 0.2) is 11.3 Å². The number of rotatable bonds is 14. The highest BCUT2D eigenvalue weighted by molar-refractivity contribution is 6.25. The summed E-state index contributed by atoms with van der Waals surface area (Å²) in [6.07, 6.45) is 7.11. The zero-order valence-corrected chi connectivity index (χ0v) is 35.8. The third kappa shape index (κ3) is 8.33. The molecule has 4 fully saturated rings. The van der Waals surface area contributed by atoms with Gasteiger partial charge in [-0.05, 0) is 87.2 Å². The summed E-state index contributed by atoms with van der Waals surface area (Å²) in [6.45, 7) is 3.51. The van der Waals surface area contributed by atoms with Crippen LogP contribution in [0.25, 0.3) is 5.65 Å². The van der Waals surface area contributed by atoms with Gasteiger partial charge in [-0.2, -0.15) is 10.2 Å². The van der Waals surface area contributed by atoms with Crippen molar-refractivity contribution in [2.24, 2.45) is 5.92 Å². The topological polar surface area (TPSA) is 188 Å². The average molecular weight is 890 g/mol. The molecule has 2 bridgehead atoms. The van der Waals surface area contributed by atoms with Gasteiger partial charge in [-0.15, -0.1) is 0 Å². The number of amides is 5. The van der Waals surface area contributed by atoms with Crippen LogP contribution < -0.4 is 20.9 Å². The number of fused-ring (bicyclic) bond motifs is 4. The number of alkyl halides is 2. The molecule has 3 atom stereocenters. The van der Waals surface area contributed by atoms with Crippen molar-refractivity contribution in [2.45, 2.75) is 88.6 Å². The van der Waals surface area contributed by atoms with Gasteiger partial charge < -0.3 is 25.2 Å². The summed E-state index contributed by atoms with van der Waals surface area (Å²) >= 11 is 0. The lowest BCUT2D eigenvalue weighted by Gasteiger charge is -2.31. The SMILES string of the molecule is CN(Cc1ccc(CCNc2cccc3c2C(=O)N(C2CCC(=O)NC2=O)C3=O)cc1)CC1CCC(n2cc(NC(=O)c3cnn4ccc(N5C[C@H]6C[C@@H]5CO6)nc34)c(C(F)F)n2)CC1. The second-order valence-electron chi connectivity index (χ2n) is 17.8. The number of carbonyl (C=O) groups is 5. The highest BCUT2D eigenvalue weighted by Gasteiger charge is 2.46. The van der Waals surface area contributed by atoms with E-state index in [1.165, 1.54) is 16.9 Å². The third-order valence-electron chi connectivity index (χ3n) is 13.4. The molecular formula is C46H49F2N11O6. The molecule has 5 aromatic rings. The van der Waals surface area contributed by atoms with Gasteiger partial charge in [0.05, 0.1) is 47.8 Å². The van der Waals surface area contributed by atoms with E-state index in [-0.39, 0.29) is 53.4 Å². The largest absolute Gasteiger partial charge is 0.384 e. The lowest BCUT2D eigenvalue weighted by atomic mass is 9.85. The summed E-state index contributed by atoms with van der Waals surface area (Å²) in [5.74, 6) is -1.57. The molecule has 65 heavy (non-hydrogen) atoms. The van der Waals surface area contributed by atoms with Crippen molar-refractivity contribution in [1.82, 2.24) is 39.5 Å². The van der Waals surface area contributed by atoms with Gasteiger partial charge in [-0.1, -0.05) is 30.3 Å². The Bertz CT molecular complexity index is 2680. The lowest BCUT2D eigenvalue weighted by Crippen LogP contribution is -2.54. The molecule has 1 saturated carbocycles. The van der Waals surface area contributed by atoms with Crippen molar-refractivity contribution in [1.29, 1.82) is 0 Å². The summed E-state index contributed by atoms with van der Waals surface area (Å²) in [6, 6.07) is 14.4. The minimum Gasteiger partial charge on any atom is -0.384 e. The number of hydrogen-bond donors (Lipinski definition) is 3. The molecule has 338 valence electrons. The Labute approximate surface area is 372 Å². The number of carbonyl (C=O) groups excluding carboxylic acids is 5. The predicted molar refractivity (Wildman–Crippen MR) is 233 cm³/mol. The van der Waals surface area contributed by atoms with E-state index in [4.69, 9.17) is 9.72 Å². The van der Waals surface area contributed by atoms with Crippen LogP contribution in [0.15, 0.2) is 67.1 Å². The molecule has 1 aliphatic carbocycles. The van der Waals surface area contributed by atoms with Gasteiger partial charge in [0.1, 0.15) is 17.4 Å². The van der Waals surface area contributed by atoms with Crippen LogP contribution in [0.5, 0.6) is 0 Å². The number of imide groups is 2. The van der Waals surface area contributed by atoms with Crippen LogP contribution in [0.1, 0.15) is 105 Å². The Morgan fingerprint density at radius 3 is 2.51 bits per heavy atom. The summed E-state index contributed by atoms with van der Waals surface area (Å²) in [7, 11) is 2.10. The van der Waals surface area contributed by atoms with Crippen molar-refractivity contribution in [2.75, 3.05) is 48.8 Å². The lowest BCUT2D eigenvalue weighted by molar-refractivity contribution is -0.136. The number of halogens is 2. The third-order valence-corrected chi connectivity index (χ3v) is 13.4. The number of anilines is 3. The normalized spacial score (nSPS) is 23.0. The van der Waals surface area contributed by atoms with Crippen LogP contribution in [0.4, 0.5) is 26.0 Å². The Hall–Kier alpha value is -6.60. The van der Waals surface area contributed by atoms with Crippen LogP contribution in [0.3, 0.4) is 0 Å². The fourth-order valence-corrected chi connectivity index (χ4v) is 10.1. The molecule has 19 heteroatoms. The maximum Gasteiger partial charge on any atom is 0.284 e. The molecule has 17 nitrogen and oxygen atoms in total. The Morgan fingerprint density at radius 2 is 1.77 bits per heavy atom. The van der Waals surface area contributed by atoms with Gasteiger partial charge in [0.25, 0.3) is 24.1 Å². The van der Waals surface area contributed by atoms with Gasteiger partial charge >= 0.3 is 0 Å². The van der Waals surface area contributed by atoms with Crippen molar-refractivity contribution >= 4 is 52.4 Å². The molecule has 2 aromatic carbocycles. The Morgan fingerprint density at radius 1 is 0.969 bits per heavy atom. The van der Waals surface area contributed by atoms with Crippen LogP contribution >= 0.6 is 0 Å². The van der Waals surface area contributed by atoms with E-state index in [9.17, 15) is 32.8 Å². The minimum absolute atomic E-state index is 0.0210. The van der Waals surface area contributed by atoms with E-state index in [1.807, 2.05) is 6.07 Å². The molecule has 4 aliphatic heterocycles. The number of benzene rings is 2. The first-order chi connectivity index (χ1) is 31.5. The maximum absolute atomic E-state index is 14.3. The first-order valence-corrected chi connectivity index (χ1v) is 22.2. The second kappa shape index (κ2) is 17.4. The van der Waals surface area contributed by atoms with E-state index in [2.05, 4.69) is 67.3 Å². The van der Waals surface area contributed by atoms with E-state index >= 15 is 0 Å². The van der Waals surface area contributed by atoms with Gasteiger partial charge in [0.2, 0.25) is 11.8 Å². The molecule has 3 N–H and O–H groups in total. The smallest absolute Gasteiger partial charge is 0.284 e. The van der Waals surface area contributed by atoms with E-state index in [1.54, 1.807) is 29.1 Å². The van der Waals surface area contributed by atoms with E-state index < -0.39 is 47.7 Å². The molecule has 5 aliphatic rings. The first kappa shape index (κ1) is 42.4. The Kier molecular flexibility index (Phi) is 11.3. The van der Waals surface area contributed by atoms with Crippen molar-refractivity contribution < 1.29 is 37.5 Å². The fourth-order valence-electron chi connectivity index (χ4n) is 10.1. The summed E-state index contributed by atoms with van der Waals surface area (Å²) < 4.78 is 37.4. The number of piperidine rings is 1. The Balaban J connectivity index is 0.695. The molecule has 3 saturated heterocycles. The number of nitrogens with one attached hydrogen (secondary N) is 3. The number of hydrogen-bond acceptors (Lipinski definition) is 12. The number of nitrogens with zero attached hydrogens (tertiary/aromatic N) is 8. The number of ether oxygens (including phenoxy) is 1. The van der Waals surface area contributed by atoms with Crippen LogP contribution in [-0.2, 0) is 27.3 Å². The molecular weight excluding hydrogens is 841 g/mol. The number of morpholine rings is 1. The van der Waals surface area contributed by atoms with E-state index in [0.29, 0.717) is 36.8 Å². The van der Waals surface area contributed by atoms with Crippen LogP contribution in [-0.4, -0.2) is 115 Å².